The summed E-state index contributed by atoms with van der Waals surface area (Å²) in [6.45, 7) is 3.31. The van der Waals surface area contributed by atoms with Gasteiger partial charge in [-0.05, 0) is 31.5 Å². The van der Waals surface area contributed by atoms with E-state index in [1.165, 1.54) is 6.92 Å². The van der Waals surface area contributed by atoms with Crippen molar-refractivity contribution in [3.8, 4) is 0 Å². The van der Waals surface area contributed by atoms with Gasteiger partial charge in [0, 0.05) is 15.6 Å². The van der Waals surface area contributed by atoms with Gasteiger partial charge in [0.2, 0.25) is 0 Å². The zero-order valence-corrected chi connectivity index (χ0v) is 9.01. The molecule has 0 atom stereocenters. The van der Waals surface area contributed by atoms with E-state index >= 15 is 0 Å². The first-order chi connectivity index (χ1) is 6.06. The number of hydrogen-bond acceptors (Lipinski definition) is 2. The van der Waals surface area contributed by atoms with Crippen molar-refractivity contribution >= 4 is 28.0 Å². The van der Waals surface area contributed by atoms with Crippen molar-refractivity contribution in [1.82, 2.24) is 0 Å². The Labute approximate surface area is 85.1 Å². The molecule has 1 aromatic rings. The third-order valence-electron chi connectivity index (χ3n) is 1.86. The van der Waals surface area contributed by atoms with Gasteiger partial charge in [0.05, 0.1) is 0 Å². The number of benzene rings is 1. The molecule has 0 heterocycles. The zero-order valence-electron chi connectivity index (χ0n) is 7.43. The topological polar surface area (TPSA) is 34.1 Å². The number of aryl methyl sites for hydroxylation is 1. The SMILES string of the molecule is CC(=O)c1cc(C)c(C=O)cc1Br. The Morgan fingerprint density at radius 2 is 2.08 bits per heavy atom. The highest BCUT2D eigenvalue weighted by atomic mass is 79.9. The lowest BCUT2D eigenvalue weighted by Gasteiger charge is -2.04. The van der Waals surface area contributed by atoms with Gasteiger partial charge in [-0.25, -0.2) is 0 Å². The van der Waals surface area contributed by atoms with Gasteiger partial charge in [-0.1, -0.05) is 15.9 Å². The predicted octanol–water partition coefficient (Wildman–Crippen LogP) is 2.77. The summed E-state index contributed by atoms with van der Waals surface area (Å²) in [5.74, 6) is -0.00701. The van der Waals surface area contributed by atoms with Crippen LogP contribution in [0.25, 0.3) is 0 Å². The second kappa shape index (κ2) is 3.83. The Morgan fingerprint density at radius 3 is 2.54 bits per heavy atom. The van der Waals surface area contributed by atoms with Crippen molar-refractivity contribution in [1.29, 1.82) is 0 Å². The minimum Gasteiger partial charge on any atom is -0.298 e. The van der Waals surface area contributed by atoms with Crippen LogP contribution in [0.1, 0.15) is 33.2 Å². The lowest BCUT2D eigenvalue weighted by molar-refractivity contribution is 0.101. The third kappa shape index (κ3) is 2.04. The molecule has 0 aromatic heterocycles. The second-order valence-corrected chi connectivity index (χ2v) is 3.72. The molecular weight excluding hydrogens is 232 g/mol. The highest BCUT2D eigenvalue weighted by Gasteiger charge is 2.08. The van der Waals surface area contributed by atoms with Gasteiger partial charge in [-0.3, -0.25) is 9.59 Å². The molecule has 3 heteroatoms. The number of Topliss-reactive ketones (excluding diaryl/α,β-unsaturated/α-hetero) is 1. The molecule has 68 valence electrons. The molecule has 0 bridgehead atoms. The number of rotatable bonds is 2. The minimum atomic E-state index is -0.00701. The molecular formula is C10H9BrO2. The summed E-state index contributed by atoms with van der Waals surface area (Å²) < 4.78 is 0.674. The van der Waals surface area contributed by atoms with E-state index in [0.717, 1.165) is 11.8 Å². The first-order valence-corrected chi connectivity index (χ1v) is 4.62. The summed E-state index contributed by atoms with van der Waals surface area (Å²) in [7, 11) is 0. The summed E-state index contributed by atoms with van der Waals surface area (Å²) in [5.41, 5.74) is 2.04. The Hall–Kier alpha value is -0.960. The monoisotopic (exact) mass is 240 g/mol. The van der Waals surface area contributed by atoms with Crippen LogP contribution < -0.4 is 0 Å². The molecule has 0 unspecified atom stereocenters. The molecule has 0 saturated heterocycles. The second-order valence-electron chi connectivity index (χ2n) is 2.86. The molecule has 0 amide bonds. The summed E-state index contributed by atoms with van der Waals surface area (Å²) in [6.07, 6.45) is 0.782. The van der Waals surface area contributed by atoms with Crippen LogP contribution >= 0.6 is 15.9 Å². The minimum absolute atomic E-state index is 0.00701. The van der Waals surface area contributed by atoms with Crippen molar-refractivity contribution in [2.75, 3.05) is 0 Å². The maximum Gasteiger partial charge on any atom is 0.160 e. The molecule has 0 fully saturated rings. The Balaban J connectivity index is 3.36. The molecule has 2 nitrogen and oxygen atoms in total. The molecule has 1 rings (SSSR count). The average molecular weight is 241 g/mol. The van der Waals surface area contributed by atoms with Crippen molar-refractivity contribution in [2.45, 2.75) is 13.8 Å². The average Bonchev–Trinajstić information content (AvgIpc) is 2.07. The number of hydrogen-bond donors (Lipinski definition) is 0. The van der Waals surface area contributed by atoms with Crippen LogP contribution in [-0.4, -0.2) is 12.1 Å². The van der Waals surface area contributed by atoms with Crippen molar-refractivity contribution in [2.24, 2.45) is 0 Å². The van der Waals surface area contributed by atoms with E-state index in [1.807, 2.05) is 6.92 Å². The molecule has 0 aliphatic carbocycles. The first kappa shape index (κ1) is 10.1. The van der Waals surface area contributed by atoms with E-state index in [-0.39, 0.29) is 5.78 Å². The van der Waals surface area contributed by atoms with Crippen LogP contribution in [-0.2, 0) is 0 Å². The van der Waals surface area contributed by atoms with Gasteiger partial charge in [0.15, 0.2) is 5.78 Å². The predicted molar refractivity (Wildman–Crippen MR) is 54.3 cm³/mol. The Bertz CT molecular complexity index is 369. The van der Waals surface area contributed by atoms with Crippen molar-refractivity contribution < 1.29 is 9.59 Å². The number of carbonyl (C=O) groups is 2. The smallest absolute Gasteiger partial charge is 0.160 e. The maximum absolute atomic E-state index is 11.1. The van der Waals surface area contributed by atoms with E-state index in [4.69, 9.17) is 0 Å². The van der Waals surface area contributed by atoms with E-state index in [1.54, 1.807) is 12.1 Å². The fraction of sp³-hybridized carbons (Fsp3) is 0.200. The van der Waals surface area contributed by atoms with Crippen LogP contribution in [0.15, 0.2) is 16.6 Å². The van der Waals surface area contributed by atoms with Gasteiger partial charge in [0.1, 0.15) is 6.29 Å². The Kier molecular flexibility index (Phi) is 2.98. The number of carbonyl (C=O) groups excluding carboxylic acids is 2. The summed E-state index contributed by atoms with van der Waals surface area (Å²) in [6, 6.07) is 3.38. The van der Waals surface area contributed by atoms with E-state index < -0.39 is 0 Å². The van der Waals surface area contributed by atoms with Crippen molar-refractivity contribution in [3.05, 3.63) is 33.3 Å². The van der Waals surface area contributed by atoms with Gasteiger partial charge < -0.3 is 0 Å². The van der Waals surface area contributed by atoms with Gasteiger partial charge >= 0.3 is 0 Å². The van der Waals surface area contributed by atoms with Gasteiger partial charge in [0.25, 0.3) is 0 Å². The van der Waals surface area contributed by atoms with Crippen molar-refractivity contribution in [3.63, 3.8) is 0 Å². The largest absolute Gasteiger partial charge is 0.298 e. The number of aldehydes is 1. The highest BCUT2D eigenvalue weighted by Crippen LogP contribution is 2.21. The quantitative estimate of drug-likeness (QED) is 0.589. The van der Waals surface area contributed by atoms with E-state index in [0.29, 0.717) is 15.6 Å². The third-order valence-corrected chi connectivity index (χ3v) is 2.52. The number of ketones is 1. The fourth-order valence-electron chi connectivity index (χ4n) is 1.09. The number of halogens is 1. The molecule has 0 aliphatic rings. The molecule has 0 radical (unpaired) electrons. The van der Waals surface area contributed by atoms with Crippen LogP contribution in [0.4, 0.5) is 0 Å². The molecule has 0 aliphatic heterocycles. The summed E-state index contributed by atoms with van der Waals surface area (Å²) in [4.78, 5) is 21.7. The normalized spacial score (nSPS) is 9.77. The molecule has 13 heavy (non-hydrogen) atoms. The lowest BCUT2D eigenvalue weighted by Crippen LogP contribution is -1.97. The fourth-order valence-corrected chi connectivity index (χ4v) is 1.73. The van der Waals surface area contributed by atoms with Crippen LogP contribution in [0.5, 0.6) is 0 Å². The van der Waals surface area contributed by atoms with E-state index in [2.05, 4.69) is 15.9 Å². The Morgan fingerprint density at radius 1 is 1.46 bits per heavy atom. The molecule has 0 N–H and O–H groups in total. The van der Waals surface area contributed by atoms with Crippen LogP contribution in [0.2, 0.25) is 0 Å². The first-order valence-electron chi connectivity index (χ1n) is 3.82. The molecule has 0 spiro atoms. The lowest BCUT2D eigenvalue weighted by atomic mass is 10.0. The van der Waals surface area contributed by atoms with Crippen LogP contribution in [0, 0.1) is 6.92 Å². The summed E-state index contributed by atoms with van der Waals surface area (Å²) >= 11 is 3.24. The maximum atomic E-state index is 11.1. The van der Waals surface area contributed by atoms with Crippen LogP contribution in [0.3, 0.4) is 0 Å². The van der Waals surface area contributed by atoms with Gasteiger partial charge in [-0.15, -0.1) is 0 Å². The highest BCUT2D eigenvalue weighted by molar-refractivity contribution is 9.10. The molecule has 0 saturated carbocycles. The standard InChI is InChI=1S/C10H9BrO2/c1-6-3-9(7(2)13)10(11)4-8(6)5-12/h3-5H,1-2H3. The van der Waals surface area contributed by atoms with E-state index in [9.17, 15) is 9.59 Å². The van der Waals surface area contributed by atoms with Gasteiger partial charge in [-0.2, -0.15) is 0 Å². The molecule has 1 aromatic carbocycles. The zero-order chi connectivity index (χ0) is 10.0. The summed E-state index contributed by atoms with van der Waals surface area (Å²) in [5, 5.41) is 0.